The Hall–Kier alpha value is -4.12. The number of nitrogens with one attached hydrogen (secondary N) is 2. The molecule has 192 valence electrons. The molecule has 0 radical (unpaired) electrons. The maximum Gasteiger partial charge on any atom is 0.488 e. The zero-order chi connectivity index (χ0) is 27.2. The number of hydrogen-bond donors (Lipinski definition) is 6. The Labute approximate surface area is 229 Å². The Bertz CT molecular complexity index is 1680. The van der Waals surface area contributed by atoms with E-state index in [2.05, 4.69) is 61.8 Å². The van der Waals surface area contributed by atoms with Crippen molar-refractivity contribution in [1.82, 2.24) is 19.9 Å². The molecule has 0 saturated carbocycles. The van der Waals surface area contributed by atoms with Crippen molar-refractivity contribution < 1.29 is 10.0 Å². The van der Waals surface area contributed by atoms with Crippen LogP contribution in [-0.4, -0.2) is 37.1 Å². The topological polar surface area (TPSA) is 150 Å². The molecule has 8 nitrogen and oxygen atoms in total. The van der Waals surface area contributed by atoms with Gasteiger partial charge < -0.3 is 31.5 Å². The van der Waals surface area contributed by atoms with Crippen LogP contribution in [0.2, 0.25) is 0 Å². The van der Waals surface area contributed by atoms with Crippen molar-refractivity contribution in [3.63, 3.8) is 0 Å². The number of rotatable bonds is 2. The molecule has 0 aliphatic carbocycles. The van der Waals surface area contributed by atoms with Crippen molar-refractivity contribution in [2.75, 3.05) is 11.5 Å². The quantitative estimate of drug-likeness (QED) is 0.131. The molecule has 4 aromatic heterocycles. The average molecular weight is 571 g/mol. The first-order chi connectivity index (χ1) is 18.2. The van der Waals surface area contributed by atoms with Crippen molar-refractivity contribution in [2.45, 2.75) is 13.8 Å². The van der Waals surface area contributed by atoms with E-state index in [0.29, 0.717) is 11.2 Å². The third kappa shape index (κ3) is 6.60. The second-order valence-electron chi connectivity index (χ2n) is 8.78. The van der Waals surface area contributed by atoms with Crippen LogP contribution in [0.3, 0.4) is 0 Å². The number of H-pyrrole nitrogens is 2. The molecule has 38 heavy (non-hydrogen) atoms. The van der Waals surface area contributed by atoms with Gasteiger partial charge in [-0.15, -0.1) is 0 Å². The minimum Gasteiger partial charge on any atom is -0.423 e. The Morgan fingerprint density at radius 1 is 0.737 bits per heavy atom. The van der Waals surface area contributed by atoms with Crippen LogP contribution in [-0.2, 0) is 0 Å². The lowest BCUT2D eigenvalue weighted by molar-refractivity contribution is 0.426. The number of hydrogen-bond acceptors (Lipinski definition) is 6. The zero-order valence-corrected chi connectivity index (χ0v) is 22.6. The number of benzene rings is 2. The van der Waals surface area contributed by atoms with Crippen molar-refractivity contribution in [3.05, 3.63) is 101 Å². The van der Waals surface area contributed by atoms with Crippen LogP contribution >= 0.6 is 15.9 Å². The molecule has 4 heterocycles. The van der Waals surface area contributed by atoms with Gasteiger partial charge in [-0.25, -0.2) is 9.97 Å². The van der Waals surface area contributed by atoms with E-state index in [4.69, 9.17) is 21.5 Å². The fraction of sp³-hybridized carbons (Fsp3) is 0.0714. The summed E-state index contributed by atoms with van der Waals surface area (Å²) in [7, 11) is -1.43. The summed E-state index contributed by atoms with van der Waals surface area (Å²) in [5.41, 5.74) is 19.4. The van der Waals surface area contributed by atoms with Gasteiger partial charge in [0, 0.05) is 57.0 Å². The van der Waals surface area contributed by atoms with Crippen LogP contribution in [0.15, 0.2) is 89.9 Å². The summed E-state index contributed by atoms with van der Waals surface area (Å²) in [6, 6.07) is 18.5. The zero-order valence-electron chi connectivity index (χ0n) is 21.0. The molecule has 0 bridgehead atoms. The molecule has 6 rings (SSSR count). The molecule has 2 aromatic carbocycles. The maximum atomic E-state index is 8.65. The van der Waals surface area contributed by atoms with Crippen LogP contribution in [0.5, 0.6) is 0 Å². The maximum absolute atomic E-state index is 8.65. The standard InChI is InChI=1S/C14H13N3.C8H7BrN2.C6H8BNO2/c1-9-7-16-14-13(9)6-11(8-17-14)10-3-2-4-12(15)5-10;1-5-3-10-8-7(5)2-6(9)4-11-8;8-6-3-1-2-5(4-6)7(9)10/h2-8H,15H2,1H3,(H,16,17);2-4H,1H3,(H,10,11);1-4,9-10H,8H2. The first-order valence-corrected chi connectivity index (χ1v) is 12.6. The predicted molar refractivity (Wildman–Crippen MR) is 160 cm³/mol. The van der Waals surface area contributed by atoms with Crippen molar-refractivity contribution in [3.8, 4) is 11.1 Å². The number of fused-ring (bicyclic) bond motifs is 2. The van der Waals surface area contributed by atoms with E-state index in [-0.39, 0.29) is 0 Å². The van der Waals surface area contributed by atoms with Gasteiger partial charge in [0.2, 0.25) is 0 Å². The summed E-state index contributed by atoms with van der Waals surface area (Å²) in [5.74, 6) is 0. The van der Waals surface area contributed by atoms with Crippen molar-refractivity contribution in [1.29, 1.82) is 0 Å². The first kappa shape index (κ1) is 26.9. The molecule has 0 aliphatic rings. The highest BCUT2D eigenvalue weighted by molar-refractivity contribution is 9.10. The Balaban J connectivity index is 0.000000140. The number of pyridine rings is 2. The molecule has 0 saturated heterocycles. The first-order valence-electron chi connectivity index (χ1n) is 11.8. The Morgan fingerprint density at radius 3 is 1.89 bits per heavy atom. The fourth-order valence-corrected chi connectivity index (χ4v) is 4.17. The van der Waals surface area contributed by atoms with Gasteiger partial charge in [0.05, 0.1) is 0 Å². The minimum absolute atomic E-state index is 0.417. The third-order valence-corrected chi connectivity index (χ3v) is 6.30. The third-order valence-electron chi connectivity index (χ3n) is 5.87. The summed E-state index contributed by atoms with van der Waals surface area (Å²) in [4.78, 5) is 14.8. The van der Waals surface area contributed by atoms with Crippen molar-refractivity contribution >= 4 is 62.0 Å². The molecule has 0 aliphatic heterocycles. The number of nitrogens with zero attached hydrogens (tertiary/aromatic N) is 2. The Morgan fingerprint density at radius 2 is 1.32 bits per heavy atom. The van der Waals surface area contributed by atoms with E-state index < -0.39 is 7.12 Å². The minimum atomic E-state index is -1.43. The van der Waals surface area contributed by atoms with Crippen molar-refractivity contribution in [2.24, 2.45) is 0 Å². The highest BCUT2D eigenvalue weighted by atomic mass is 79.9. The highest BCUT2D eigenvalue weighted by Gasteiger charge is 2.09. The molecule has 8 N–H and O–H groups in total. The van der Waals surface area contributed by atoms with Gasteiger partial charge in [-0.1, -0.05) is 24.3 Å². The largest absolute Gasteiger partial charge is 0.488 e. The number of halogens is 1. The van der Waals surface area contributed by atoms with Crippen LogP contribution in [0.4, 0.5) is 11.4 Å². The molecule has 0 unspecified atom stereocenters. The number of aromatic amines is 2. The number of nitrogens with two attached hydrogens (primary N) is 2. The molecule has 0 amide bonds. The van der Waals surface area contributed by atoms with Gasteiger partial charge in [0.15, 0.2) is 0 Å². The van der Waals surface area contributed by atoms with E-state index >= 15 is 0 Å². The molecular weight excluding hydrogens is 543 g/mol. The molecule has 6 aromatic rings. The van der Waals surface area contributed by atoms with Crippen LogP contribution in [0.1, 0.15) is 11.1 Å². The van der Waals surface area contributed by atoms with Gasteiger partial charge in [0.1, 0.15) is 11.3 Å². The van der Waals surface area contributed by atoms with E-state index in [0.717, 1.165) is 38.0 Å². The van der Waals surface area contributed by atoms with E-state index in [1.54, 1.807) is 24.4 Å². The average Bonchev–Trinajstić information content (AvgIpc) is 3.46. The molecule has 10 heteroatoms. The summed E-state index contributed by atoms with van der Waals surface area (Å²) < 4.78 is 1.02. The molecular formula is C28H28BBrN6O2. The summed E-state index contributed by atoms with van der Waals surface area (Å²) in [6.07, 6.45) is 7.59. The lowest BCUT2D eigenvalue weighted by Gasteiger charge is -2.03. The van der Waals surface area contributed by atoms with Crippen LogP contribution in [0.25, 0.3) is 33.2 Å². The molecule has 0 spiro atoms. The molecule has 0 atom stereocenters. The summed E-state index contributed by atoms with van der Waals surface area (Å²) in [6.45, 7) is 4.14. The highest BCUT2D eigenvalue weighted by Crippen LogP contribution is 2.25. The monoisotopic (exact) mass is 570 g/mol. The van der Waals surface area contributed by atoms with Gasteiger partial charge >= 0.3 is 7.12 Å². The second kappa shape index (κ2) is 12.0. The predicted octanol–water partition coefficient (Wildman–Crippen LogP) is 4.70. The van der Waals surface area contributed by atoms with Gasteiger partial charge in [-0.3, -0.25) is 0 Å². The lowest BCUT2D eigenvalue weighted by Crippen LogP contribution is -2.29. The number of anilines is 2. The van der Waals surface area contributed by atoms with Crippen LogP contribution in [0, 0.1) is 13.8 Å². The SMILES string of the molecule is Cc1c[nH]c2ncc(-c3cccc(N)c3)cc12.Cc1c[nH]c2ncc(Br)cc12.Nc1cccc(B(O)O)c1. The van der Waals surface area contributed by atoms with Crippen LogP contribution < -0.4 is 16.9 Å². The van der Waals surface area contributed by atoms with E-state index in [1.807, 2.05) is 42.9 Å². The fourth-order valence-electron chi connectivity index (χ4n) is 3.84. The normalized spacial score (nSPS) is 10.4. The van der Waals surface area contributed by atoms with Gasteiger partial charge in [0.25, 0.3) is 0 Å². The molecule has 0 fully saturated rings. The summed E-state index contributed by atoms with van der Waals surface area (Å²) in [5, 5.41) is 19.6. The lowest BCUT2D eigenvalue weighted by atomic mass is 9.80. The summed E-state index contributed by atoms with van der Waals surface area (Å²) >= 11 is 3.37. The van der Waals surface area contributed by atoms with Gasteiger partial charge in [-0.2, -0.15) is 0 Å². The van der Waals surface area contributed by atoms with E-state index in [9.17, 15) is 0 Å². The second-order valence-corrected chi connectivity index (χ2v) is 9.70. The smallest absolute Gasteiger partial charge is 0.423 e. The number of aromatic nitrogens is 4. The van der Waals surface area contributed by atoms with E-state index in [1.165, 1.54) is 22.6 Å². The van der Waals surface area contributed by atoms with Gasteiger partial charge in [-0.05, 0) is 88.3 Å². The number of nitrogen functional groups attached to an aromatic ring is 2. The number of aryl methyl sites for hydroxylation is 2. The Kier molecular flexibility index (Phi) is 8.47.